The highest BCUT2D eigenvalue weighted by Crippen LogP contribution is 2.30. The van der Waals surface area contributed by atoms with Crippen LogP contribution >= 0.6 is 0 Å². The fraction of sp³-hybridized carbons (Fsp3) is 0.304. The predicted octanol–water partition coefficient (Wildman–Crippen LogP) is 8.51. The normalized spacial score (nSPS) is 12.0. The molecule has 73 heavy (non-hydrogen) atoms. The number of hydrogen-bond acceptors (Lipinski definition) is 12. The number of furan rings is 1. The van der Waals surface area contributed by atoms with Crippen LogP contribution in [-0.4, -0.2) is 77.0 Å². The molecule has 4 amide bonds. The van der Waals surface area contributed by atoms with Gasteiger partial charge in [-0.25, -0.2) is 9.59 Å². The van der Waals surface area contributed by atoms with Crippen molar-refractivity contribution >= 4 is 42.0 Å². The quantitative estimate of drug-likeness (QED) is 0.0139. The van der Waals surface area contributed by atoms with E-state index < -0.39 is 60.1 Å². The summed E-state index contributed by atoms with van der Waals surface area (Å²) in [5.41, 5.74) is 3.01. The maximum Gasteiger partial charge on any atom is 0.363 e. The lowest BCUT2D eigenvalue weighted by Gasteiger charge is -2.31. The second-order valence-corrected chi connectivity index (χ2v) is 16.9. The van der Waals surface area contributed by atoms with E-state index in [-0.39, 0.29) is 54.9 Å². The SMILES string of the molecule is CCCCCC[C@@H](C(=O)NCNC(=O)c1ccc(-c2ccc(C(=O)N[C@@H](CC(=O)OCc3ccccc3)C(=O)OCc3ccccc3)c(OCC)c2)o1)[C@@H](CC)N(C=O)OC(=O)c1ccc(-n2cccc2)cc1. The number of amides is 4. The summed E-state index contributed by atoms with van der Waals surface area (Å²) in [6, 6.07) is 33.8. The third-order valence-electron chi connectivity index (χ3n) is 11.8. The Labute approximate surface area is 424 Å². The van der Waals surface area contributed by atoms with Gasteiger partial charge in [-0.15, -0.1) is 0 Å². The minimum absolute atomic E-state index is 0.0293. The largest absolute Gasteiger partial charge is 0.493 e. The van der Waals surface area contributed by atoms with Gasteiger partial charge in [-0.2, -0.15) is 5.06 Å². The molecule has 382 valence electrons. The van der Waals surface area contributed by atoms with Gasteiger partial charge in [-0.3, -0.25) is 24.0 Å². The molecule has 0 fully saturated rings. The molecule has 0 saturated carbocycles. The van der Waals surface area contributed by atoms with Crippen molar-refractivity contribution in [3.8, 4) is 22.8 Å². The summed E-state index contributed by atoms with van der Waals surface area (Å²) in [5, 5.41) is 8.92. The third-order valence-corrected chi connectivity index (χ3v) is 11.8. The first-order chi connectivity index (χ1) is 35.5. The van der Waals surface area contributed by atoms with Crippen LogP contribution in [0.5, 0.6) is 5.75 Å². The van der Waals surface area contributed by atoms with E-state index in [4.69, 9.17) is 23.5 Å². The zero-order valence-electron chi connectivity index (χ0n) is 41.2. The van der Waals surface area contributed by atoms with Crippen LogP contribution in [0.25, 0.3) is 17.0 Å². The molecule has 0 aliphatic carbocycles. The van der Waals surface area contributed by atoms with Gasteiger partial charge < -0.3 is 44.0 Å². The predicted molar refractivity (Wildman–Crippen MR) is 270 cm³/mol. The molecular weight excluding hydrogens is 935 g/mol. The molecule has 17 nitrogen and oxygen atoms in total. The molecule has 0 unspecified atom stereocenters. The molecule has 0 aliphatic heterocycles. The number of hydroxylamine groups is 2. The van der Waals surface area contributed by atoms with E-state index in [9.17, 15) is 33.6 Å². The number of hydrogen-bond donors (Lipinski definition) is 3. The number of ether oxygens (including phenoxy) is 3. The number of carbonyl (C=O) groups excluding carboxylic acids is 7. The number of nitrogens with one attached hydrogen (secondary N) is 3. The number of carbonyl (C=O) groups is 7. The van der Waals surface area contributed by atoms with Gasteiger partial charge in [0.1, 0.15) is 30.8 Å². The summed E-state index contributed by atoms with van der Waals surface area (Å²) in [6.07, 6.45) is 7.78. The number of aromatic nitrogens is 1. The van der Waals surface area contributed by atoms with Crippen LogP contribution in [0.1, 0.15) is 108 Å². The van der Waals surface area contributed by atoms with E-state index in [1.807, 2.05) is 41.2 Å². The van der Waals surface area contributed by atoms with E-state index in [2.05, 4.69) is 22.9 Å². The van der Waals surface area contributed by atoms with Gasteiger partial charge in [0.05, 0.1) is 42.8 Å². The highest BCUT2D eigenvalue weighted by atomic mass is 16.7. The van der Waals surface area contributed by atoms with Gasteiger partial charge >= 0.3 is 17.9 Å². The summed E-state index contributed by atoms with van der Waals surface area (Å²) < 4.78 is 24.6. The van der Waals surface area contributed by atoms with Gasteiger partial charge in [0.2, 0.25) is 12.3 Å². The lowest BCUT2D eigenvalue weighted by Crippen LogP contribution is -2.49. The maximum atomic E-state index is 13.8. The highest BCUT2D eigenvalue weighted by Gasteiger charge is 2.34. The Balaban J connectivity index is 1.08. The van der Waals surface area contributed by atoms with E-state index in [0.29, 0.717) is 36.8 Å². The number of benzene rings is 4. The van der Waals surface area contributed by atoms with Crippen LogP contribution in [0.2, 0.25) is 0 Å². The molecule has 6 rings (SSSR count). The van der Waals surface area contributed by atoms with Crippen molar-refractivity contribution in [1.29, 1.82) is 0 Å². The number of unbranched alkanes of at least 4 members (excludes halogenated alkanes) is 3. The zero-order chi connectivity index (χ0) is 52.0. The molecule has 3 N–H and O–H groups in total. The van der Waals surface area contributed by atoms with Crippen LogP contribution in [0.15, 0.2) is 144 Å². The zero-order valence-corrected chi connectivity index (χ0v) is 41.2. The fourth-order valence-corrected chi connectivity index (χ4v) is 7.93. The van der Waals surface area contributed by atoms with Crippen molar-refractivity contribution in [1.82, 2.24) is 25.6 Å². The van der Waals surface area contributed by atoms with Crippen LogP contribution in [0, 0.1) is 5.92 Å². The first-order valence-corrected chi connectivity index (χ1v) is 24.3. The minimum atomic E-state index is -1.41. The molecule has 2 heterocycles. The minimum Gasteiger partial charge on any atom is -0.493 e. The van der Waals surface area contributed by atoms with Gasteiger partial charge in [0.25, 0.3) is 11.8 Å². The topological polar surface area (TPSA) is 214 Å². The van der Waals surface area contributed by atoms with Gasteiger partial charge in [0, 0.05) is 23.6 Å². The highest BCUT2D eigenvalue weighted by molar-refractivity contribution is 6.00. The molecule has 2 aromatic heterocycles. The summed E-state index contributed by atoms with van der Waals surface area (Å²) in [5.74, 6) is -4.62. The Hall–Kier alpha value is -8.47. The van der Waals surface area contributed by atoms with E-state index in [1.54, 1.807) is 105 Å². The van der Waals surface area contributed by atoms with Crippen molar-refractivity contribution in [3.63, 3.8) is 0 Å². The Morgan fingerprint density at radius 2 is 1.41 bits per heavy atom. The number of rotatable bonds is 28. The van der Waals surface area contributed by atoms with Gasteiger partial charge in [0.15, 0.2) is 5.76 Å². The first kappa shape index (κ1) is 53.9. The Kier molecular flexibility index (Phi) is 20.5. The van der Waals surface area contributed by atoms with E-state index >= 15 is 0 Å². The Morgan fingerprint density at radius 3 is 2.05 bits per heavy atom. The number of esters is 2. The van der Waals surface area contributed by atoms with E-state index in [1.165, 1.54) is 12.1 Å². The average molecular weight is 996 g/mol. The van der Waals surface area contributed by atoms with Crippen molar-refractivity contribution in [2.45, 2.75) is 91.0 Å². The molecule has 0 spiro atoms. The molecule has 0 aliphatic rings. The molecule has 4 aromatic carbocycles. The Bertz CT molecular complexity index is 2740. The third kappa shape index (κ3) is 15.8. The van der Waals surface area contributed by atoms with E-state index in [0.717, 1.165) is 35.6 Å². The molecular formula is C56H61N5O12. The standard InChI is InChI=1S/C56H61N5O12/c1-4-7-8-15-22-44(47(5-2)61(38-62)73-55(67)41-23-26-43(27-24-41)60-31-16-17-32-60)52(64)57-37-58-54(66)49-30-29-48(72-49)42-25-28-45(50(33-42)69-6-3)53(65)59-46(56(68)71-36-40-20-13-10-14-21-40)34-51(63)70-35-39-18-11-9-12-19-39/h9-14,16-21,23-33,38,44,46-47H,4-8,15,22,34-37H2,1-3H3,(H,57,64)(H,58,66)(H,59,65)/t44-,46+,47-/m1/s1. The molecule has 6 aromatic rings. The summed E-state index contributed by atoms with van der Waals surface area (Å²) >= 11 is 0. The summed E-state index contributed by atoms with van der Waals surface area (Å²) in [6.45, 7) is 5.35. The lowest BCUT2D eigenvalue weighted by atomic mass is 9.90. The van der Waals surface area contributed by atoms with Crippen molar-refractivity contribution in [3.05, 3.63) is 168 Å². The van der Waals surface area contributed by atoms with Crippen molar-refractivity contribution in [2.75, 3.05) is 13.3 Å². The van der Waals surface area contributed by atoms with Gasteiger partial charge in [-0.1, -0.05) is 106 Å². The summed E-state index contributed by atoms with van der Waals surface area (Å²) in [4.78, 5) is 98.7. The van der Waals surface area contributed by atoms with Gasteiger partial charge in [-0.05, 0) is 91.6 Å². The van der Waals surface area contributed by atoms with Crippen LogP contribution in [-0.2, 0) is 46.7 Å². The van der Waals surface area contributed by atoms with Crippen LogP contribution in [0.3, 0.4) is 0 Å². The van der Waals surface area contributed by atoms with Crippen LogP contribution < -0.4 is 20.7 Å². The van der Waals surface area contributed by atoms with Crippen molar-refractivity contribution < 1.29 is 57.0 Å². The second kappa shape index (κ2) is 27.8. The first-order valence-electron chi connectivity index (χ1n) is 24.3. The fourth-order valence-electron chi connectivity index (χ4n) is 7.93. The summed E-state index contributed by atoms with van der Waals surface area (Å²) in [7, 11) is 0. The molecule has 0 radical (unpaired) electrons. The maximum absolute atomic E-state index is 13.8. The monoisotopic (exact) mass is 995 g/mol. The second-order valence-electron chi connectivity index (χ2n) is 16.9. The van der Waals surface area contributed by atoms with Crippen molar-refractivity contribution in [2.24, 2.45) is 5.92 Å². The molecule has 0 saturated heterocycles. The lowest BCUT2D eigenvalue weighted by molar-refractivity contribution is -0.171. The smallest absolute Gasteiger partial charge is 0.363 e. The molecule has 17 heteroatoms. The average Bonchev–Trinajstić information content (AvgIpc) is 4.15. The van der Waals surface area contributed by atoms with Crippen LogP contribution in [0.4, 0.5) is 0 Å². The molecule has 0 bridgehead atoms. The number of nitrogens with zero attached hydrogens (tertiary/aromatic N) is 2. The molecule has 3 atom stereocenters. The Morgan fingerprint density at radius 1 is 0.726 bits per heavy atom.